The van der Waals surface area contributed by atoms with Crippen LogP contribution in [0.1, 0.15) is 46.4 Å². The van der Waals surface area contributed by atoms with Gasteiger partial charge in [-0.2, -0.15) is 0 Å². The molecular formula is C26H30Cl2N2O4. The molecule has 2 aromatic carbocycles. The van der Waals surface area contributed by atoms with E-state index in [-0.39, 0.29) is 12.0 Å². The molecule has 0 saturated carbocycles. The number of likely N-dealkylation sites (tertiary alicyclic amines) is 2. The summed E-state index contributed by atoms with van der Waals surface area (Å²) in [5.74, 6) is 0.893. The van der Waals surface area contributed by atoms with E-state index in [1.807, 2.05) is 11.0 Å². The van der Waals surface area contributed by atoms with Crippen LogP contribution < -0.4 is 4.74 Å². The van der Waals surface area contributed by atoms with Gasteiger partial charge in [0.15, 0.2) is 0 Å². The Hall–Kier alpha value is -2.28. The second kappa shape index (κ2) is 11.4. The van der Waals surface area contributed by atoms with Crippen molar-refractivity contribution >= 4 is 35.1 Å². The number of hydrogen-bond donors (Lipinski definition) is 0. The highest BCUT2D eigenvalue weighted by Gasteiger charge is 2.27. The molecule has 0 aliphatic carbocycles. The Balaban J connectivity index is 1.21. The Labute approximate surface area is 210 Å². The minimum absolute atomic E-state index is 0.0236. The topological polar surface area (TPSA) is 59.1 Å². The quantitative estimate of drug-likeness (QED) is 0.507. The predicted molar refractivity (Wildman–Crippen MR) is 133 cm³/mol. The lowest BCUT2D eigenvalue weighted by molar-refractivity contribution is 0.0599. The molecule has 0 N–H and O–H groups in total. The van der Waals surface area contributed by atoms with Gasteiger partial charge in [0.1, 0.15) is 11.9 Å². The van der Waals surface area contributed by atoms with Gasteiger partial charge in [0.25, 0.3) is 5.91 Å². The number of carbonyl (C=O) groups is 2. The van der Waals surface area contributed by atoms with E-state index in [1.165, 1.54) is 7.11 Å². The molecule has 34 heavy (non-hydrogen) atoms. The Morgan fingerprint density at radius 2 is 1.62 bits per heavy atom. The van der Waals surface area contributed by atoms with Crippen molar-refractivity contribution in [2.24, 2.45) is 5.92 Å². The van der Waals surface area contributed by atoms with E-state index in [9.17, 15) is 9.59 Å². The van der Waals surface area contributed by atoms with Crippen LogP contribution in [0.5, 0.6) is 5.75 Å². The highest BCUT2D eigenvalue weighted by atomic mass is 35.5. The first-order chi connectivity index (χ1) is 16.4. The van der Waals surface area contributed by atoms with E-state index in [4.69, 9.17) is 32.7 Å². The van der Waals surface area contributed by atoms with Crippen LogP contribution in [0.25, 0.3) is 0 Å². The van der Waals surface area contributed by atoms with Crippen LogP contribution in [0.2, 0.25) is 10.0 Å². The number of rotatable bonds is 6. The zero-order chi connectivity index (χ0) is 24.1. The number of benzene rings is 2. The molecular weight excluding hydrogens is 475 g/mol. The first-order valence-corrected chi connectivity index (χ1v) is 12.5. The monoisotopic (exact) mass is 504 g/mol. The molecule has 2 aliphatic rings. The van der Waals surface area contributed by atoms with Gasteiger partial charge >= 0.3 is 5.97 Å². The van der Waals surface area contributed by atoms with Crippen molar-refractivity contribution in [2.75, 3.05) is 39.8 Å². The lowest BCUT2D eigenvalue weighted by Gasteiger charge is -2.37. The summed E-state index contributed by atoms with van der Waals surface area (Å²) in [6, 6.07) is 12.2. The summed E-state index contributed by atoms with van der Waals surface area (Å²) in [6.45, 7) is 4.54. The van der Waals surface area contributed by atoms with Gasteiger partial charge in [0.05, 0.1) is 22.7 Å². The van der Waals surface area contributed by atoms with Gasteiger partial charge in [-0.1, -0.05) is 29.3 Å². The standard InChI is InChI=1S/C26H30Cl2N2O4/c1-33-26(32)20-4-2-3-19(15-20)25(31)30-13-7-18(8-14-30)17-29-11-9-21(10-12-29)34-22-5-6-23(27)24(28)16-22/h2-6,15-16,18,21H,7-14,17H2,1H3. The second-order valence-corrected chi connectivity index (χ2v) is 9.82. The van der Waals surface area contributed by atoms with Gasteiger partial charge < -0.3 is 19.3 Å². The number of amides is 1. The number of hydrogen-bond acceptors (Lipinski definition) is 5. The number of carbonyl (C=O) groups excluding carboxylic acids is 2. The molecule has 0 bridgehead atoms. The van der Waals surface area contributed by atoms with Crippen molar-refractivity contribution in [3.63, 3.8) is 0 Å². The Kier molecular flexibility index (Phi) is 8.35. The SMILES string of the molecule is COC(=O)c1cccc(C(=O)N2CCC(CN3CCC(Oc4ccc(Cl)c(Cl)c4)CC3)CC2)c1. The van der Waals surface area contributed by atoms with Crippen LogP contribution in [0.3, 0.4) is 0 Å². The highest BCUT2D eigenvalue weighted by Crippen LogP contribution is 2.29. The lowest BCUT2D eigenvalue weighted by Crippen LogP contribution is -2.44. The normalized spacial score (nSPS) is 18.0. The summed E-state index contributed by atoms with van der Waals surface area (Å²) < 4.78 is 10.9. The number of nitrogens with zero attached hydrogens (tertiary/aromatic N) is 2. The number of piperidine rings is 2. The van der Waals surface area contributed by atoms with Crippen molar-refractivity contribution in [1.82, 2.24) is 9.80 Å². The maximum Gasteiger partial charge on any atom is 0.337 e. The number of methoxy groups -OCH3 is 1. The number of ether oxygens (including phenoxy) is 2. The molecule has 1 amide bonds. The molecule has 4 rings (SSSR count). The minimum Gasteiger partial charge on any atom is -0.490 e. The average Bonchev–Trinajstić information content (AvgIpc) is 2.87. The van der Waals surface area contributed by atoms with Gasteiger partial charge in [-0.3, -0.25) is 4.79 Å². The van der Waals surface area contributed by atoms with Crippen LogP contribution in [0.4, 0.5) is 0 Å². The number of esters is 1. The molecule has 0 spiro atoms. The predicted octanol–water partition coefficient (Wildman–Crippen LogP) is 5.18. The lowest BCUT2D eigenvalue weighted by atomic mass is 9.94. The molecule has 6 nitrogen and oxygen atoms in total. The van der Waals surface area contributed by atoms with Gasteiger partial charge in [-0.15, -0.1) is 0 Å². The third kappa shape index (κ3) is 6.23. The molecule has 2 fully saturated rings. The zero-order valence-electron chi connectivity index (χ0n) is 19.3. The Bertz CT molecular complexity index is 1020. The third-order valence-corrected chi connectivity index (χ3v) is 7.42. The molecule has 0 unspecified atom stereocenters. The van der Waals surface area contributed by atoms with Crippen LogP contribution in [-0.2, 0) is 4.74 Å². The maximum atomic E-state index is 12.9. The molecule has 182 valence electrons. The van der Waals surface area contributed by atoms with E-state index >= 15 is 0 Å². The van der Waals surface area contributed by atoms with Gasteiger partial charge in [-0.25, -0.2) is 4.79 Å². The molecule has 2 saturated heterocycles. The Morgan fingerprint density at radius 1 is 0.912 bits per heavy atom. The van der Waals surface area contributed by atoms with Crippen molar-refractivity contribution in [3.05, 3.63) is 63.6 Å². The molecule has 8 heteroatoms. The fraction of sp³-hybridized carbons (Fsp3) is 0.462. The van der Waals surface area contributed by atoms with Crippen molar-refractivity contribution in [1.29, 1.82) is 0 Å². The second-order valence-electron chi connectivity index (χ2n) is 9.00. The van der Waals surface area contributed by atoms with Gasteiger partial charge in [0.2, 0.25) is 0 Å². The summed E-state index contributed by atoms with van der Waals surface area (Å²) in [5, 5.41) is 1.05. The first-order valence-electron chi connectivity index (χ1n) is 11.7. The van der Waals surface area contributed by atoms with Crippen molar-refractivity contribution in [2.45, 2.75) is 31.8 Å². The van der Waals surface area contributed by atoms with E-state index in [1.54, 1.807) is 36.4 Å². The summed E-state index contributed by atoms with van der Waals surface area (Å²) in [6.07, 6.45) is 4.13. The fourth-order valence-corrected chi connectivity index (χ4v) is 5.00. The summed E-state index contributed by atoms with van der Waals surface area (Å²) >= 11 is 12.1. The largest absolute Gasteiger partial charge is 0.490 e. The van der Waals surface area contributed by atoms with Gasteiger partial charge in [0, 0.05) is 44.4 Å². The third-order valence-electron chi connectivity index (χ3n) is 6.68. The summed E-state index contributed by atoms with van der Waals surface area (Å²) in [5.41, 5.74) is 0.931. The maximum absolute atomic E-state index is 12.9. The summed E-state index contributed by atoms with van der Waals surface area (Å²) in [4.78, 5) is 29.1. The average molecular weight is 505 g/mol. The highest BCUT2D eigenvalue weighted by molar-refractivity contribution is 6.42. The minimum atomic E-state index is -0.431. The first kappa shape index (κ1) is 24.8. The Morgan fingerprint density at radius 3 is 2.29 bits per heavy atom. The zero-order valence-corrected chi connectivity index (χ0v) is 20.9. The smallest absolute Gasteiger partial charge is 0.337 e. The molecule has 0 radical (unpaired) electrons. The van der Waals surface area contributed by atoms with Crippen molar-refractivity contribution < 1.29 is 19.1 Å². The van der Waals surface area contributed by atoms with Crippen LogP contribution in [0.15, 0.2) is 42.5 Å². The van der Waals surface area contributed by atoms with E-state index in [2.05, 4.69) is 4.90 Å². The molecule has 2 aromatic rings. The van der Waals surface area contributed by atoms with E-state index in [0.29, 0.717) is 27.1 Å². The van der Waals surface area contributed by atoms with Crippen LogP contribution in [0, 0.1) is 5.92 Å². The van der Waals surface area contributed by atoms with E-state index < -0.39 is 5.97 Å². The van der Waals surface area contributed by atoms with Crippen LogP contribution >= 0.6 is 23.2 Å². The van der Waals surface area contributed by atoms with Crippen molar-refractivity contribution in [3.8, 4) is 5.75 Å². The molecule has 2 aliphatic heterocycles. The van der Waals surface area contributed by atoms with Gasteiger partial charge in [-0.05, 0) is 61.9 Å². The molecule has 0 aromatic heterocycles. The molecule has 2 heterocycles. The number of halogens is 2. The summed E-state index contributed by atoms with van der Waals surface area (Å²) in [7, 11) is 1.34. The van der Waals surface area contributed by atoms with E-state index in [0.717, 1.165) is 64.2 Å². The van der Waals surface area contributed by atoms with Crippen LogP contribution in [-0.4, -0.2) is 67.6 Å². The molecule has 0 atom stereocenters. The fourth-order valence-electron chi connectivity index (χ4n) is 4.72.